The third-order valence-corrected chi connectivity index (χ3v) is 4.14. The van der Waals surface area contributed by atoms with Gasteiger partial charge in [-0.05, 0) is 58.5 Å². The van der Waals surface area contributed by atoms with Gasteiger partial charge in [0.2, 0.25) is 0 Å². The maximum atomic E-state index is 5.48. The van der Waals surface area contributed by atoms with E-state index in [1.54, 1.807) is 0 Å². The van der Waals surface area contributed by atoms with Crippen molar-refractivity contribution in [2.75, 3.05) is 20.1 Å². The second-order valence-electron chi connectivity index (χ2n) is 5.85. The van der Waals surface area contributed by atoms with Crippen LogP contribution in [0.1, 0.15) is 35.7 Å². The number of aryl methyl sites for hydroxylation is 2. The third kappa shape index (κ3) is 2.61. The minimum absolute atomic E-state index is 0.439. The molecular weight excluding hydrogens is 250 g/mol. The normalized spacial score (nSPS) is 17.6. The second-order valence-corrected chi connectivity index (χ2v) is 5.85. The molecule has 1 aliphatic rings. The first kappa shape index (κ1) is 13.3. The maximum Gasteiger partial charge on any atom is 0.258 e. The van der Waals surface area contributed by atoms with E-state index >= 15 is 0 Å². The Balaban J connectivity index is 1.83. The van der Waals surface area contributed by atoms with Crippen LogP contribution >= 0.6 is 0 Å². The van der Waals surface area contributed by atoms with E-state index in [4.69, 9.17) is 4.52 Å². The molecule has 0 unspecified atom stereocenters. The van der Waals surface area contributed by atoms with Crippen LogP contribution in [0.5, 0.6) is 0 Å². The molecule has 1 saturated heterocycles. The molecular formula is C16H21N3O. The lowest BCUT2D eigenvalue weighted by atomic mass is 9.96. The lowest BCUT2D eigenvalue weighted by molar-refractivity contribution is 0.248. The summed E-state index contributed by atoms with van der Waals surface area (Å²) >= 11 is 0. The Morgan fingerprint density at radius 3 is 2.65 bits per heavy atom. The summed E-state index contributed by atoms with van der Waals surface area (Å²) in [6, 6.07) is 6.30. The number of rotatable bonds is 2. The first-order valence-electron chi connectivity index (χ1n) is 7.23. The average Bonchev–Trinajstić information content (AvgIpc) is 2.89. The van der Waals surface area contributed by atoms with Crippen LogP contribution in [0.2, 0.25) is 0 Å². The monoisotopic (exact) mass is 271 g/mol. The number of likely N-dealkylation sites (tertiary alicyclic amines) is 1. The van der Waals surface area contributed by atoms with Gasteiger partial charge in [-0.15, -0.1) is 0 Å². The summed E-state index contributed by atoms with van der Waals surface area (Å²) in [5.41, 5.74) is 3.48. The van der Waals surface area contributed by atoms with E-state index in [1.807, 2.05) is 0 Å². The maximum absolute atomic E-state index is 5.48. The van der Waals surface area contributed by atoms with Gasteiger partial charge in [0.05, 0.1) is 0 Å². The van der Waals surface area contributed by atoms with Crippen LogP contribution in [0, 0.1) is 13.8 Å². The first-order chi connectivity index (χ1) is 9.63. The third-order valence-electron chi connectivity index (χ3n) is 4.14. The lowest BCUT2D eigenvalue weighted by Gasteiger charge is -2.26. The smallest absolute Gasteiger partial charge is 0.258 e. The highest BCUT2D eigenvalue weighted by Crippen LogP contribution is 2.28. The lowest BCUT2D eigenvalue weighted by Crippen LogP contribution is -2.29. The minimum atomic E-state index is 0.439. The van der Waals surface area contributed by atoms with E-state index in [1.165, 1.54) is 11.1 Å². The van der Waals surface area contributed by atoms with Gasteiger partial charge in [0.25, 0.3) is 5.89 Å². The number of piperidine rings is 1. The molecule has 4 heteroatoms. The predicted octanol–water partition coefficient (Wildman–Crippen LogP) is 3.16. The fourth-order valence-electron chi connectivity index (χ4n) is 2.83. The Bertz CT molecular complexity index is 598. The molecule has 1 aromatic carbocycles. The highest BCUT2D eigenvalue weighted by molar-refractivity contribution is 5.58. The summed E-state index contributed by atoms with van der Waals surface area (Å²) in [5, 5.41) is 4.20. The van der Waals surface area contributed by atoms with E-state index in [0.717, 1.165) is 37.3 Å². The fraction of sp³-hybridized carbons (Fsp3) is 0.500. The number of benzene rings is 1. The highest BCUT2D eigenvalue weighted by atomic mass is 16.5. The van der Waals surface area contributed by atoms with Crippen molar-refractivity contribution < 1.29 is 4.52 Å². The van der Waals surface area contributed by atoms with Gasteiger partial charge in [-0.25, -0.2) is 0 Å². The predicted molar refractivity (Wildman–Crippen MR) is 78.7 cm³/mol. The molecule has 1 fully saturated rings. The number of hydrogen-bond acceptors (Lipinski definition) is 4. The van der Waals surface area contributed by atoms with E-state index in [9.17, 15) is 0 Å². The average molecular weight is 271 g/mol. The molecule has 1 aliphatic heterocycles. The minimum Gasteiger partial charge on any atom is -0.334 e. The van der Waals surface area contributed by atoms with Crippen LogP contribution in [0.15, 0.2) is 22.7 Å². The van der Waals surface area contributed by atoms with Gasteiger partial charge in [-0.2, -0.15) is 4.98 Å². The number of nitrogens with zero attached hydrogens (tertiary/aromatic N) is 3. The van der Waals surface area contributed by atoms with Crippen LogP contribution in [0.4, 0.5) is 0 Å². The standard InChI is InChI=1S/C16H21N3O/c1-11-4-5-14(12(2)10-11)16-17-15(18-20-16)13-6-8-19(3)9-7-13/h4-5,10,13H,6-9H2,1-3H3. The number of hydrogen-bond donors (Lipinski definition) is 0. The van der Waals surface area contributed by atoms with Crippen LogP contribution in [-0.2, 0) is 0 Å². The van der Waals surface area contributed by atoms with E-state index < -0.39 is 0 Å². The Morgan fingerprint density at radius 1 is 1.20 bits per heavy atom. The quantitative estimate of drug-likeness (QED) is 0.841. The van der Waals surface area contributed by atoms with Crippen LogP contribution in [0.25, 0.3) is 11.5 Å². The van der Waals surface area contributed by atoms with Crippen molar-refractivity contribution in [3.05, 3.63) is 35.2 Å². The van der Waals surface area contributed by atoms with Gasteiger partial charge in [0.15, 0.2) is 5.82 Å². The van der Waals surface area contributed by atoms with Crippen molar-refractivity contribution in [2.24, 2.45) is 0 Å². The molecule has 3 rings (SSSR count). The molecule has 0 saturated carbocycles. The Labute approximate surface area is 119 Å². The molecule has 1 aromatic heterocycles. The topological polar surface area (TPSA) is 42.2 Å². The highest BCUT2D eigenvalue weighted by Gasteiger charge is 2.23. The van der Waals surface area contributed by atoms with Gasteiger partial charge < -0.3 is 9.42 Å². The SMILES string of the molecule is Cc1ccc(-c2nc(C3CCN(C)CC3)no2)c(C)c1. The molecule has 0 bridgehead atoms. The Hall–Kier alpha value is -1.68. The molecule has 0 radical (unpaired) electrons. The van der Waals surface area contributed by atoms with Crippen LogP contribution in [0.3, 0.4) is 0 Å². The summed E-state index contributed by atoms with van der Waals surface area (Å²) in [6.45, 7) is 6.40. The van der Waals surface area contributed by atoms with Crippen molar-refractivity contribution in [3.63, 3.8) is 0 Å². The summed E-state index contributed by atoms with van der Waals surface area (Å²) in [4.78, 5) is 6.97. The Morgan fingerprint density at radius 2 is 1.95 bits per heavy atom. The van der Waals surface area contributed by atoms with E-state index in [0.29, 0.717) is 11.8 Å². The summed E-state index contributed by atoms with van der Waals surface area (Å²) in [6.07, 6.45) is 2.23. The van der Waals surface area contributed by atoms with Gasteiger partial charge in [0, 0.05) is 11.5 Å². The van der Waals surface area contributed by atoms with Gasteiger partial charge in [0.1, 0.15) is 0 Å². The summed E-state index contributed by atoms with van der Waals surface area (Å²) in [7, 11) is 2.16. The first-order valence-corrected chi connectivity index (χ1v) is 7.23. The molecule has 0 amide bonds. The summed E-state index contributed by atoms with van der Waals surface area (Å²) < 4.78 is 5.48. The Kier molecular flexibility index (Phi) is 3.57. The van der Waals surface area contributed by atoms with Crippen LogP contribution < -0.4 is 0 Å². The van der Waals surface area contributed by atoms with E-state index in [-0.39, 0.29) is 0 Å². The van der Waals surface area contributed by atoms with Crippen molar-refractivity contribution in [2.45, 2.75) is 32.6 Å². The molecule has 20 heavy (non-hydrogen) atoms. The van der Waals surface area contributed by atoms with Crippen molar-refractivity contribution >= 4 is 0 Å². The van der Waals surface area contributed by atoms with Gasteiger partial charge in [-0.1, -0.05) is 22.9 Å². The molecule has 2 aromatic rings. The molecule has 0 atom stereocenters. The van der Waals surface area contributed by atoms with Crippen LogP contribution in [-0.4, -0.2) is 35.2 Å². The molecule has 0 spiro atoms. The largest absolute Gasteiger partial charge is 0.334 e. The molecule has 106 valence electrons. The zero-order valence-corrected chi connectivity index (χ0v) is 12.4. The second kappa shape index (κ2) is 5.37. The van der Waals surface area contributed by atoms with E-state index in [2.05, 4.69) is 54.1 Å². The number of aromatic nitrogens is 2. The fourth-order valence-corrected chi connectivity index (χ4v) is 2.83. The molecule has 0 N–H and O–H groups in total. The molecule has 4 nitrogen and oxygen atoms in total. The van der Waals surface area contributed by atoms with Crippen molar-refractivity contribution in [3.8, 4) is 11.5 Å². The van der Waals surface area contributed by atoms with Gasteiger partial charge in [-0.3, -0.25) is 0 Å². The zero-order valence-electron chi connectivity index (χ0n) is 12.4. The van der Waals surface area contributed by atoms with Gasteiger partial charge >= 0.3 is 0 Å². The van der Waals surface area contributed by atoms with Crippen molar-refractivity contribution in [1.82, 2.24) is 15.0 Å². The molecule has 0 aliphatic carbocycles. The molecule has 2 heterocycles. The van der Waals surface area contributed by atoms with Crippen molar-refractivity contribution in [1.29, 1.82) is 0 Å². The summed E-state index contributed by atoms with van der Waals surface area (Å²) in [5.74, 6) is 1.96. The zero-order chi connectivity index (χ0) is 14.1.